The minimum absolute atomic E-state index is 0.0439. The maximum atomic E-state index is 13.5. The lowest BCUT2D eigenvalue weighted by Gasteiger charge is -2.59. The molecule has 0 aromatic heterocycles. The van der Waals surface area contributed by atoms with Crippen molar-refractivity contribution in [2.45, 2.75) is 71.6 Å². The summed E-state index contributed by atoms with van der Waals surface area (Å²) in [5.41, 5.74) is -0.306. The van der Waals surface area contributed by atoms with E-state index in [0.29, 0.717) is 55.0 Å². The number of nitrogens with zero attached hydrogens (tertiary/aromatic N) is 1. The molecule has 0 heterocycles. The van der Waals surface area contributed by atoms with Crippen LogP contribution >= 0.6 is 0 Å². The van der Waals surface area contributed by atoms with Crippen LogP contribution < -0.4 is 0 Å². The van der Waals surface area contributed by atoms with Gasteiger partial charge in [-0.05, 0) is 60.7 Å². The average Bonchev–Trinajstić information content (AvgIpc) is 3.02. The summed E-state index contributed by atoms with van der Waals surface area (Å²) < 4.78 is 5.41. The highest BCUT2D eigenvalue weighted by Crippen LogP contribution is 2.66. The van der Waals surface area contributed by atoms with E-state index in [2.05, 4.69) is 13.8 Å². The second kappa shape index (κ2) is 7.61. The Kier molecular flexibility index (Phi) is 5.44. The van der Waals surface area contributed by atoms with Gasteiger partial charge in [-0.2, -0.15) is 5.26 Å². The molecular weight excluding hydrogens is 366 g/mol. The van der Waals surface area contributed by atoms with Gasteiger partial charge in [-0.15, -0.1) is 0 Å². The van der Waals surface area contributed by atoms with E-state index in [1.54, 1.807) is 0 Å². The van der Waals surface area contributed by atoms with Crippen LogP contribution in [0.4, 0.5) is 0 Å². The number of ether oxygens (including phenoxy) is 1. The molecule has 0 radical (unpaired) electrons. The van der Waals surface area contributed by atoms with E-state index in [-0.39, 0.29) is 41.7 Å². The molecule has 0 saturated heterocycles. The van der Waals surface area contributed by atoms with Crippen LogP contribution in [0.25, 0.3) is 0 Å². The highest BCUT2D eigenvalue weighted by atomic mass is 16.5. The number of hydrogen-bond donors (Lipinski definition) is 0. The van der Waals surface area contributed by atoms with Crippen LogP contribution in [0, 0.1) is 51.8 Å². The Morgan fingerprint density at radius 2 is 1.97 bits per heavy atom. The zero-order chi connectivity index (χ0) is 20.8. The number of carbonyl (C=O) groups is 3. The van der Waals surface area contributed by atoms with Gasteiger partial charge < -0.3 is 4.74 Å². The average molecular weight is 400 g/mol. The Hall–Kier alpha value is -1.54. The molecule has 4 aliphatic rings. The first kappa shape index (κ1) is 20.7. The van der Waals surface area contributed by atoms with Crippen molar-refractivity contribution in [2.75, 3.05) is 13.2 Å². The maximum Gasteiger partial charge on any atom is 0.162 e. The molecule has 0 amide bonds. The van der Waals surface area contributed by atoms with Crippen molar-refractivity contribution in [3.63, 3.8) is 0 Å². The van der Waals surface area contributed by atoms with Crippen molar-refractivity contribution in [3.8, 4) is 6.07 Å². The molecule has 4 rings (SSSR count). The molecule has 0 unspecified atom stereocenters. The largest absolute Gasteiger partial charge is 0.373 e. The standard InChI is InChI=1S/C24H33NO4/c1-23-9-8-16(26)12-15(23)4-5-17-18-6-7-19(21(28)14-29-11-3-10-25)24(18,2)13-20(27)22(17)23/h15,17-19,22H,3-9,11-14H2,1-2H3/t15-,17-,18-,19+,22+,23-,24-/m0/s1. The van der Waals surface area contributed by atoms with Crippen LogP contribution in [-0.4, -0.2) is 30.6 Å². The molecule has 4 fully saturated rings. The lowest BCUT2D eigenvalue weighted by atomic mass is 9.44. The molecule has 5 heteroatoms. The Labute approximate surface area is 173 Å². The van der Waals surface area contributed by atoms with E-state index in [0.717, 1.165) is 32.1 Å². The second-order valence-corrected chi connectivity index (χ2v) is 10.5. The van der Waals surface area contributed by atoms with E-state index in [4.69, 9.17) is 10.00 Å². The third-order valence-electron chi connectivity index (χ3n) is 9.16. The topological polar surface area (TPSA) is 84.2 Å². The molecule has 0 bridgehead atoms. The van der Waals surface area contributed by atoms with Gasteiger partial charge in [-0.1, -0.05) is 13.8 Å². The molecule has 29 heavy (non-hydrogen) atoms. The van der Waals surface area contributed by atoms with Gasteiger partial charge >= 0.3 is 0 Å². The molecule has 158 valence electrons. The first-order valence-electron chi connectivity index (χ1n) is 11.3. The van der Waals surface area contributed by atoms with Crippen molar-refractivity contribution in [2.24, 2.45) is 40.4 Å². The van der Waals surface area contributed by atoms with Crippen LogP contribution in [0.1, 0.15) is 71.6 Å². The number of ketones is 3. The van der Waals surface area contributed by atoms with Crippen molar-refractivity contribution in [1.82, 2.24) is 0 Å². The summed E-state index contributed by atoms with van der Waals surface area (Å²) in [6.45, 7) is 4.77. The van der Waals surface area contributed by atoms with Crippen molar-refractivity contribution in [1.29, 1.82) is 5.26 Å². The molecule has 4 aliphatic carbocycles. The van der Waals surface area contributed by atoms with Gasteiger partial charge in [0, 0.05) is 31.1 Å². The van der Waals surface area contributed by atoms with Gasteiger partial charge in [0.2, 0.25) is 0 Å². The molecule has 5 nitrogen and oxygen atoms in total. The zero-order valence-electron chi connectivity index (χ0n) is 17.7. The predicted octanol–water partition coefficient (Wildman–Crippen LogP) is 3.89. The highest BCUT2D eigenvalue weighted by molar-refractivity contribution is 5.88. The fraction of sp³-hybridized carbons (Fsp3) is 0.833. The SMILES string of the molecule is C[C@]12CCC(=O)C[C@@H]1CC[C@H]1[C@@H]3CC[C@H](C(=O)COCCC#N)[C@@]3(C)CC(=O)[C@@H]12. The Bertz CT molecular complexity index is 754. The van der Waals surface area contributed by atoms with Crippen molar-refractivity contribution >= 4 is 17.3 Å². The van der Waals surface area contributed by atoms with E-state index >= 15 is 0 Å². The predicted molar refractivity (Wildman–Crippen MR) is 107 cm³/mol. The molecule has 0 spiro atoms. The van der Waals surface area contributed by atoms with Crippen LogP contribution in [0.15, 0.2) is 0 Å². The molecular formula is C24H33NO4. The minimum Gasteiger partial charge on any atom is -0.373 e. The van der Waals surface area contributed by atoms with E-state index in [9.17, 15) is 14.4 Å². The number of carbonyl (C=O) groups excluding carboxylic acids is 3. The lowest BCUT2D eigenvalue weighted by molar-refractivity contribution is -0.162. The first-order chi connectivity index (χ1) is 13.8. The van der Waals surface area contributed by atoms with Crippen molar-refractivity contribution in [3.05, 3.63) is 0 Å². The van der Waals surface area contributed by atoms with E-state index < -0.39 is 0 Å². The maximum absolute atomic E-state index is 13.5. The van der Waals surface area contributed by atoms with Crippen molar-refractivity contribution < 1.29 is 19.1 Å². The number of nitriles is 1. The Balaban J connectivity index is 1.53. The highest BCUT2D eigenvalue weighted by Gasteiger charge is 2.64. The Morgan fingerprint density at radius 1 is 1.17 bits per heavy atom. The summed E-state index contributed by atoms with van der Waals surface area (Å²) in [4.78, 5) is 38.5. The quantitative estimate of drug-likeness (QED) is 0.655. The summed E-state index contributed by atoms with van der Waals surface area (Å²) in [6.07, 6.45) is 6.81. The lowest BCUT2D eigenvalue weighted by Crippen LogP contribution is -2.57. The van der Waals surface area contributed by atoms with Crippen LogP contribution in [0.2, 0.25) is 0 Å². The van der Waals surface area contributed by atoms with Gasteiger partial charge in [0.15, 0.2) is 5.78 Å². The molecule has 0 N–H and O–H groups in total. The number of Topliss-reactive ketones (excluding diaryl/α,β-unsaturated/α-hetero) is 3. The van der Waals surface area contributed by atoms with Gasteiger partial charge in [0.25, 0.3) is 0 Å². The fourth-order valence-electron chi connectivity index (χ4n) is 7.78. The smallest absolute Gasteiger partial charge is 0.162 e. The van der Waals surface area contributed by atoms with E-state index in [1.165, 1.54) is 0 Å². The monoisotopic (exact) mass is 399 g/mol. The van der Waals surface area contributed by atoms with Crippen LogP contribution in [-0.2, 0) is 19.1 Å². The summed E-state index contributed by atoms with van der Waals surface area (Å²) in [7, 11) is 0. The molecule has 7 atom stereocenters. The number of hydrogen-bond acceptors (Lipinski definition) is 5. The third-order valence-corrected chi connectivity index (χ3v) is 9.16. The van der Waals surface area contributed by atoms with Crippen LogP contribution in [0.3, 0.4) is 0 Å². The van der Waals surface area contributed by atoms with Gasteiger partial charge in [0.05, 0.1) is 19.1 Å². The summed E-state index contributed by atoms with van der Waals surface area (Å²) >= 11 is 0. The molecule has 0 aromatic rings. The third kappa shape index (κ3) is 3.28. The van der Waals surface area contributed by atoms with Gasteiger partial charge in [-0.3, -0.25) is 14.4 Å². The fourth-order valence-corrected chi connectivity index (χ4v) is 7.78. The second-order valence-electron chi connectivity index (χ2n) is 10.5. The summed E-state index contributed by atoms with van der Waals surface area (Å²) in [6, 6.07) is 2.03. The molecule has 0 aromatic carbocycles. The van der Waals surface area contributed by atoms with Gasteiger partial charge in [0.1, 0.15) is 18.2 Å². The normalized spacial score (nSPS) is 43.8. The minimum atomic E-state index is -0.262. The van der Waals surface area contributed by atoms with Crippen LogP contribution in [0.5, 0.6) is 0 Å². The molecule has 0 aliphatic heterocycles. The number of rotatable bonds is 5. The molecule has 4 saturated carbocycles. The van der Waals surface area contributed by atoms with E-state index in [1.807, 2.05) is 6.07 Å². The first-order valence-corrected chi connectivity index (χ1v) is 11.3. The summed E-state index contributed by atoms with van der Waals surface area (Å²) in [5, 5.41) is 8.62. The zero-order valence-corrected chi connectivity index (χ0v) is 17.7. The summed E-state index contributed by atoms with van der Waals surface area (Å²) in [5.74, 6) is 1.86. The number of fused-ring (bicyclic) bond motifs is 5. The Morgan fingerprint density at radius 3 is 2.72 bits per heavy atom. The van der Waals surface area contributed by atoms with Gasteiger partial charge in [-0.25, -0.2) is 0 Å².